The summed E-state index contributed by atoms with van der Waals surface area (Å²) in [6.07, 6.45) is 14.2. The molecule has 0 N–H and O–H groups in total. The van der Waals surface area contributed by atoms with Gasteiger partial charge in [-0.3, -0.25) is 0 Å². The molecular weight excluding hydrogens is 282 g/mol. The molecule has 0 rings (SSSR count). The summed E-state index contributed by atoms with van der Waals surface area (Å²) in [6, 6.07) is 0. The zero-order valence-corrected chi connectivity index (χ0v) is 15.7. The van der Waals surface area contributed by atoms with E-state index in [1.54, 1.807) is 0 Å². The van der Waals surface area contributed by atoms with Crippen LogP contribution in [0, 0.1) is 0 Å². The first kappa shape index (κ1) is 20.7. The standard InChI is InChI=1S/C17H37NS2/c1-3-4-5-6-7-8-9-10-11-12-13-18(2,14-16-19)15-17-20/h3-17H2,1-2H3,(H-,19,20)/p+1. The van der Waals surface area contributed by atoms with Crippen molar-refractivity contribution in [1.29, 1.82) is 0 Å². The number of thiol groups is 2. The number of hydrogen-bond donors (Lipinski definition) is 2. The summed E-state index contributed by atoms with van der Waals surface area (Å²) in [6.45, 7) is 5.95. The van der Waals surface area contributed by atoms with Crippen LogP contribution in [0.15, 0.2) is 0 Å². The zero-order valence-electron chi connectivity index (χ0n) is 13.9. The van der Waals surface area contributed by atoms with Crippen molar-refractivity contribution in [1.82, 2.24) is 0 Å². The van der Waals surface area contributed by atoms with E-state index in [0.717, 1.165) is 16.0 Å². The third-order valence-corrected chi connectivity index (χ3v) is 4.73. The van der Waals surface area contributed by atoms with E-state index in [4.69, 9.17) is 0 Å². The Balaban J connectivity index is 3.41. The van der Waals surface area contributed by atoms with Crippen LogP contribution in [-0.4, -0.2) is 42.7 Å². The van der Waals surface area contributed by atoms with Gasteiger partial charge in [0.15, 0.2) is 0 Å². The van der Waals surface area contributed by atoms with Gasteiger partial charge in [0.05, 0.1) is 26.7 Å². The molecule has 0 atom stereocenters. The molecule has 0 aliphatic rings. The molecule has 0 aromatic rings. The Morgan fingerprint density at radius 2 is 1.00 bits per heavy atom. The molecule has 0 saturated carbocycles. The largest absolute Gasteiger partial charge is 0.325 e. The quantitative estimate of drug-likeness (QED) is 0.231. The molecule has 3 heteroatoms. The maximum atomic E-state index is 4.39. The summed E-state index contributed by atoms with van der Waals surface area (Å²) in [7, 11) is 2.36. The van der Waals surface area contributed by atoms with Crippen molar-refractivity contribution in [3.63, 3.8) is 0 Å². The molecule has 0 bridgehead atoms. The lowest BCUT2D eigenvalue weighted by Gasteiger charge is -2.33. The fourth-order valence-corrected chi connectivity index (χ4v) is 3.76. The molecule has 0 saturated heterocycles. The van der Waals surface area contributed by atoms with Crippen molar-refractivity contribution in [3.05, 3.63) is 0 Å². The van der Waals surface area contributed by atoms with Crippen LogP contribution in [0.4, 0.5) is 0 Å². The number of hydrogen-bond acceptors (Lipinski definition) is 2. The molecule has 0 heterocycles. The van der Waals surface area contributed by atoms with Crippen LogP contribution in [0.5, 0.6) is 0 Å². The van der Waals surface area contributed by atoms with Gasteiger partial charge in [0, 0.05) is 11.5 Å². The summed E-state index contributed by atoms with van der Waals surface area (Å²) in [5.41, 5.74) is 0. The fraction of sp³-hybridized carbons (Fsp3) is 1.00. The Morgan fingerprint density at radius 3 is 1.40 bits per heavy atom. The van der Waals surface area contributed by atoms with E-state index >= 15 is 0 Å². The second kappa shape index (κ2) is 14.6. The van der Waals surface area contributed by atoms with Crippen molar-refractivity contribution in [3.8, 4) is 0 Å². The van der Waals surface area contributed by atoms with Crippen LogP contribution in [0.1, 0.15) is 71.1 Å². The summed E-state index contributed by atoms with van der Waals surface area (Å²) in [5, 5.41) is 0. The van der Waals surface area contributed by atoms with E-state index in [1.165, 1.54) is 83.8 Å². The Labute approximate surface area is 139 Å². The molecule has 0 radical (unpaired) electrons. The minimum Gasteiger partial charge on any atom is -0.325 e. The van der Waals surface area contributed by atoms with Gasteiger partial charge in [-0.05, 0) is 12.8 Å². The third-order valence-electron chi connectivity index (χ3n) is 4.33. The van der Waals surface area contributed by atoms with Crippen molar-refractivity contribution >= 4 is 25.3 Å². The number of rotatable bonds is 15. The van der Waals surface area contributed by atoms with Gasteiger partial charge in [-0.2, -0.15) is 25.3 Å². The smallest absolute Gasteiger partial charge is 0.0874 e. The first-order chi connectivity index (χ1) is 9.68. The lowest BCUT2D eigenvalue weighted by molar-refractivity contribution is -0.904. The average molecular weight is 321 g/mol. The molecule has 20 heavy (non-hydrogen) atoms. The van der Waals surface area contributed by atoms with Crippen LogP contribution in [0.25, 0.3) is 0 Å². The van der Waals surface area contributed by atoms with Crippen molar-refractivity contribution < 1.29 is 4.48 Å². The molecule has 0 spiro atoms. The number of nitrogens with zero attached hydrogens (tertiary/aromatic N) is 1. The second-order valence-corrected chi connectivity index (χ2v) is 7.31. The Morgan fingerprint density at radius 1 is 0.600 bits per heavy atom. The van der Waals surface area contributed by atoms with Gasteiger partial charge in [0.1, 0.15) is 0 Å². The Bertz CT molecular complexity index is 191. The van der Waals surface area contributed by atoms with Gasteiger partial charge in [0.2, 0.25) is 0 Å². The number of unbranched alkanes of at least 4 members (excludes halogenated alkanes) is 9. The van der Waals surface area contributed by atoms with E-state index in [-0.39, 0.29) is 0 Å². The van der Waals surface area contributed by atoms with Crippen molar-refractivity contribution in [2.45, 2.75) is 71.1 Å². The molecule has 0 aromatic carbocycles. The van der Waals surface area contributed by atoms with Crippen molar-refractivity contribution in [2.24, 2.45) is 0 Å². The topological polar surface area (TPSA) is 0 Å². The van der Waals surface area contributed by atoms with Crippen LogP contribution in [0.2, 0.25) is 0 Å². The highest BCUT2D eigenvalue weighted by molar-refractivity contribution is 7.80. The van der Waals surface area contributed by atoms with Crippen molar-refractivity contribution in [2.75, 3.05) is 38.2 Å². The van der Waals surface area contributed by atoms with Crippen LogP contribution in [-0.2, 0) is 0 Å². The monoisotopic (exact) mass is 320 g/mol. The molecule has 122 valence electrons. The van der Waals surface area contributed by atoms with Gasteiger partial charge >= 0.3 is 0 Å². The molecule has 0 amide bonds. The number of quaternary nitrogens is 1. The van der Waals surface area contributed by atoms with Gasteiger partial charge in [-0.1, -0.05) is 58.3 Å². The first-order valence-electron chi connectivity index (χ1n) is 8.74. The average Bonchev–Trinajstić information content (AvgIpc) is 2.41. The molecule has 1 nitrogen and oxygen atoms in total. The zero-order chi connectivity index (χ0) is 15.1. The lowest BCUT2D eigenvalue weighted by Crippen LogP contribution is -2.47. The minimum atomic E-state index is 0.988. The van der Waals surface area contributed by atoms with Crippen LogP contribution < -0.4 is 0 Å². The highest BCUT2D eigenvalue weighted by Gasteiger charge is 2.18. The first-order valence-corrected chi connectivity index (χ1v) is 10.0. The van der Waals surface area contributed by atoms with Gasteiger partial charge < -0.3 is 4.48 Å². The Hall–Kier alpha value is 0.660. The minimum absolute atomic E-state index is 0.988. The second-order valence-electron chi connectivity index (χ2n) is 6.42. The Kier molecular flexibility index (Phi) is 15.1. The fourth-order valence-electron chi connectivity index (χ4n) is 2.80. The highest BCUT2D eigenvalue weighted by Crippen LogP contribution is 2.12. The maximum Gasteiger partial charge on any atom is 0.0874 e. The third kappa shape index (κ3) is 12.4. The van der Waals surface area contributed by atoms with Gasteiger partial charge in [0.25, 0.3) is 0 Å². The van der Waals surface area contributed by atoms with E-state index in [9.17, 15) is 0 Å². The predicted octanol–water partition coefficient (Wildman–Crippen LogP) is 5.21. The molecule has 0 fully saturated rings. The molecule has 0 aliphatic heterocycles. The summed E-state index contributed by atoms with van der Waals surface area (Å²) in [4.78, 5) is 0. The lowest BCUT2D eigenvalue weighted by atomic mass is 10.1. The summed E-state index contributed by atoms with van der Waals surface area (Å²) in [5.74, 6) is 1.98. The molecule has 0 aliphatic carbocycles. The van der Waals surface area contributed by atoms with E-state index in [1.807, 2.05) is 0 Å². The molecule has 0 unspecified atom stereocenters. The van der Waals surface area contributed by atoms with Crippen LogP contribution >= 0.6 is 25.3 Å². The van der Waals surface area contributed by atoms with Crippen LogP contribution in [0.3, 0.4) is 0 Å². The maximum absolute atomic E-state index is 4.39. The van der Waals surface area contributed by atoms with E-state index in [0.29, 0.717) is 0 Å². The van der Waals surface area contributed by atoms with E-state index < -0.39 is 0 Å². The SMILES string of the molecule is CCCCCCCCCCCC[N+](C)(CCS)CCS. The molecular formula is C17H38NS2+. The normalized spacial score (nSPS) is 12.0. The molecule has 0 aromatic heterocycles. The van der Waals surface area contributed by atoms with Gasteiger partial charge in [-0.25, -0.2) is 0 Å². The summed E-state index contributed by atoms with van der Waals surface area (Å²) >= 11 is 8.78. The van der Waals surface area contributed by atoms with Gasteiger partial charge in [-0.15, -0.1) is 0 Å². The van der Waals surface area contributed by atoms with E-state index in [2.05, 4.69) is 39.2 Å². The predicted molar refractivity (Wildman–Crippen MR) is 100 cm³/mol. The summed E-state index contributed by atoms with van der Waals surface area (Å²) < 4.78 is 1.16. The highest BCUT2D eigenvalue weighted by atomic mass is 32.1.